The number of rotatable bonds is 3. The Morgan fingerprint density at radius 1 is 0.950 bits per heavy atom. The molecule has 0 aliphatic heterocycles. The summed E-state index contributed by atoms with van der Waals surface area (Å²) in [4.78, 5) is 0. The van der Waals surface area contributed by atoms with Gasteiger partial charge in [0.05, 0.1) is 6.04 Å². The molecule has 0 saturated heterocycles. The van der Waals surface area contributed by atoms with Gasteiger partial charge in [-0.15, -0.1) is 0 Å². The fourth-order valence-electron chi connectivity index (χ4n) is 2.33. The summed E-state index contributed by atoms with van der Waals surface area (Å²) < 4.78 is 27.4. The van der Waals surface area contributed by atoms with E-state index in [-0.39, 0.29) is 0 Å². The fourth-order valence-corrected chi connectivity index (χ4v) is 2.33. The topological polar surface area (TPSA) is 38.0 Å². The van der Waals surface area contributed by atoms with Crippen molar-refractivity contribution in [1.29, 1.82) is 0 Å². The first-order chi connectivity index (χ1) is 9.45. The van der Waals surface area contributed by atoms with Crippen molar-refractivity contribution >= 4 is 0 Å². The minimum absolute atomic E-state index is 0.347. The molecule has 1 unspecified atom stereocenters. The first kappa shape index (κ1) is 14.6. The molecule has 1 atom stereocenters. The molecule has 0 aromatic heterocycles. The highest BCUT2D eigenvalue weighted by Gasteiger charge is 2.20. The molecule has 3 N–H and O–H groups in total. The SMILES string of the molecule is Cc1cc(C(NN)c2cccc(C)c2C)c(F)cc1F. The Balaban J connectivity index is 2.58. The summed E-state index contributed by atoms with van der Waals surface area (Å²) in [6.45, 7) is 5.55. The molecule has 106 valence electrons. The van der Waals surface area contributed by atoms with E-state index in [1.165, 1.54) is 6.07 Å². The van der Waals surface area contributed by atoms with Crippen LogP contribution >= 0.6 is 0 Å². The minimum Gasteiger partial charge on any atom is -0.271 e. The number of aryl methyl sites for hydroxylation is 2. The monoisotopic (exact) mass is 276 g/mol. The summed E-state index contributed by atoms with van der Waals surface area (Å²) in [7, 11) is 0. The predicted molar refractivity (Wildman–Crippen MR) is 76.2 cm³/mol. The van der Waals surface area contributed by atoms with Gasteiger partial charge in [-0.1, -0.05) is 18.2 Å². The summed E-state index contributed by atoms with van der Waals surface area (Å²) >= 11 is 0. The van der Waals surface area contributed by atoms with Crippen LogP contribution in [0.2, 0.25) is 0 Å². The van der Waals surface area contributed by atoms with Gasteiger partial charge in [0, 0.05) is 11.6 Å². The maximum atomic E-state index is 14.0. The zero-order chi connectivity index (χ0) is 14.9. The first-order valence-electron chi connectivity index (χ1n) is 6.43. The van der Waals surface area contributed by atoms with E-state index in [9.17, 15) is 8.78 Å². The van der Waals surface area contributed by atoms with Gasteiger partial charge in [-0.3, -0.25) is 5.84 Å². The van der Waals surface area contributed by atoms with Gasteiger partial charge >= 0.3 is 0 Å². The number of halogens is 2. The number of nitrogens with one attached hydrogen (secondary N) is 1. The molecular formula is C16H18F2N2. The van der Waals surface area contributed by atoms with Crippen LogP contribution in [0, 0.1) is 32.4 Å². The third-order valence-electron chi connectivity index (χ3n) is 3.71. The molecule has 20 heavy (non-hydrogen) atoms. The van der Waals surface area contributed by atoms with Crippen LogP contribution in [0.15, 0.2) is 30.3 Å². The second kappa shape index (κ2) is 5.69. The van der Waals surface area contributed by atoms with Crippen LogP contribution in [-0.2, 0) is 0 Å². The molecule has 2 aromatic rings. The molecule has 0 spiro atoms. The highest BCUT2D eigenvalue weighted by molar-refractivity contribution is 5.42. The van der Waals surface area contributed by atoms with Gasteiger partial charge in [-0.05, 0) is 49.1 Å². The summed E-state index contributed by atoms with van der Waals surface area (Å²) in [5.74, 6) is 4.45. The lowest BCUT2D eigenvalue weighted by Crippen LogP contribution is -2.30. The molecule has 0 aliphatic rings. The van der Waals surface area contributed by atoms with Gasteiger partial charge in [0.2, 0.25) is 0 Å². The molecular weight excluding hydrogens is 258 g/mol. The summed E-state index contributed by atoms with van der Waals surface area (Å²) in [6.07, 6.45) is 0. The van der Waals surface area contributed by atoms with Crippen molar-refractivity contribution in [3.8, 4) is 0 Å². The largest absolute Gasteiger partial charge is 0.271 e. The van der Waals surface area contributed by atoms with Gasteiger partial charge in [0.1, 0.15) is 11.6 Å². The number of hydrazine groups is 1. The van der Waals surface area contributed by atoms with Gasteiger partial charge in [0.15, 0.2) is 0 Å². The predicted octanol–water partition coefficient (Wildman–Crippen LogP) is 3.44. The van der Waals surface area contributed by atoms with E-state index in [0.717, 1.165) is 22.8 Å². The molecule has 0 radical (unpaired) electrons. The Morgan fingerprint density at radius 3 is 2.30 bits per heavy atom. The van der Waals surface area contributed by atoms with Crippen molar-refractivity contribution in [2.75, 3.05) is 0 Å². The van der Waals surface area contributed by atoms with Crippen LogP contribution in [0.3, 0.4) is 0 Å². The molecule has 0 fully saturated rings. The van der Waals surface area contributed by atoms with Crippen molar-refractivity contribution in [2.24, 2.45) is 5.84 Å². The van der Waals surface area contributed by atoms with Crippen molar-refractivity contribution < 1.29 is 8.78 Å². The number of nitrogens with two attached hydrogens (primary N) is 1. The van der Waals surface area contributed by atoms with E-state index >= 15 is 0 Å². The van der Waals surface area contributed by atoms with E-state index < -0.39 is 17.7 Å². The molecule has 0 aliphatic carbocycles. The molecule has 0 amide bonds. The average Bonchev–Trinajstić information content (AvgIpc) is 2.41. The molecule has 2 aromatic carbocycles. The third kappa shape index (κ3) is 2.57. The van der Waals surface area contributed by atoms with Crippen LogP contribution in [0.4, 0.5) is 8.78 Å². The fraction of sp³-hybridized carbons (Fsp3) is 0.250. The number of hydrogen-bond donors (Lipinski definition) is 2. The van der Waals surface area contributed by atoms with Gasteiger partial charge in [-0.25, -0.2) is 14.2 Å². The lowest BCUT2D eigenvalue weighted by molar-refractivity contribution is 0.537. The Hall–Kier alpha value is -1.78. The third-order valence-corrected chi connectivity index (χ3v) is 3.71. The van der Waals surface area contributed by atoms with E-state index in [4.69, 9.17) is 5.84 Å². The maximum Gasteiger partial charge on any atom is 0.131 e. The average molecular weight is 276 g/mol. The zero-order valence-corrected chi connectivity index (χ0v) is 11.8. The highest BCUT2D eigenvalue weighted by atomic mass is 19.1. The van der Waals surface area contributed by atoms with E-state index in [1.54, 1.807) is 6.92 Å². The van der Waals surface area contributed by atoms with E-state index in [2.05, 4.69) is 5.43 Å². The Kier molecular flexibility index (Phi) is 4.16. The molecule has 2 nitrogen and oxygen atoms in total. The molecule has 0 saturated carbocycles. The second-order valence-corrected chi connectivity index (χ2v) is 5.01. The van der Waals surface area contributed by atoms with Crippen LogP contribution in [0.1, 0.15) is 33.9 Å². The zero-order valence-electron chi connectivity index (χ0n) is 11.8. The van der Waals surface area contributed by atoms with Crippen LogP contribution in [0.25, 0.3) is 0 Å². The number of hydrogen-bond acceptors (Lipinski definition) is 2. The second-order valence-electron chi connectivity index (χ2n) is 5.01. The standard InChI is InChI=1S/C16H18F2N2/c1-9-5-4-6-12(11(9)3)16(20-19)13-7-10(2)14(17)8-15(13)18/h4-8,16,20H,19H2,1-3H3. The lowest BCUT2D eigenvalue weighted by Gasteiger charge is -2.21. The van der Waals surface area contributed by atoms with Gasteiger partial charge < -0.3 is 0 Å². The van der Waals surface area contributed by atoms with Crippen LogP contribution in [0.5, 0.6) is 0 Å². The van der Waals surface area contributed by atoms with Crippen molar-refractivity contribution in [1.82, 2.24) is 5.43 Å². The molecule has 2 rings (SSSR count). The highest BCUT2D eigenvalue weighted by Crippen LogP contribution is 2.29. The van der Waals surface area contributed by atoms with Crippen LogP contribution < -0.4 is 11.3 Å². The van der Waals surface area contributed by atoms with Gasteiger partial charge in [-0.2, -0.15) is 0 Å². The minimum atomic E-state index is -0.600. The Bertz CT molecular complexity index is 639. The van der Waals surface area contributed by atoms with E-state index in [1.807, 2.05) is 32.0 Å². The Labute approximate surface area is 117 Å². The maximum absolute atomic E-state index is 14.0. The first-order valence-corrected chi connectivity index (χ1v) is 6.43. The Morgan fingerprint density at radius 2 is 1.65 bits per heavy atom. The smallest absolute Gasteiger partial charge is 0.131 e. The summed E-state index contributed by atoms with van der Waals surface area (Å²) in [5, 5.41) is 0. The van der Waals surface area contributed by atoms with E-state index in [0.29, 0.717) is 11.1 Å². The molecule has 0 heterocycles. The summed E-state index contributed by atoms with van der Waals surface area (Å²) in [5.41, 5.74) is 6.39. The van der Waals surface area contributed by atoms with Crippen LogP contribution in [-0.4, -0.2) is 0 Å². The normalized spacial score (nSPS) is 12.5. The molecule has 0 bridgehead atoms. The lowest BCUT2D eigenvalue weighted by atomic mass is 9.92. The van der Waals surface area contributed by atoms with Gasteiger partial charge in [0.25, 0.3) is 0 Å². The number of benzene rings is 2. The summed E-state index contributed by atoms with van der Waals surface area (Å²) in [6, 6.07) is 7.67. The molecule has 4 heteroatoms. The quantitative estimate of drug-likeness (QED) is 0.665. The van der Waals surface area contributed by atoms with Crippen molar-refractivity contribution in [2.45, 2.75) is 26.8 Å². The van der Waals surface area contributed by atoms with Crippen molar-refractivity contribution in [3.63, 3.8) is 0 Å². The van der Waals surface area contributed by atoms with Crippen molar-refractivity contribution in [3.05, 3.63) is 69.8 Å².